The molecule has 1 aromatic heterocycles. The van der Waals surface area contributed by atoms with Crippen LogP contribution < -0.4 is 5.32 Å². The zero-order valence-electron chi connectivity index (χ0n) is 7.93. The van der Waals surface area contributed by atoms with E-state index in [1.54, 1.807) is 13.1 Å². The summed E-state index contributed by atoms with van der Waals surface area (Å²) in [5, 5.41) is 2.95. The van der Waals surface area contributed by atoms with E-state index in [0.717, 1.165) is 5.56 Å². The average molecular weight is 205 g/mol. The number of alkyl halides is 2. The molecule has 0 aromatic carbocycles. The van der Waals surface area contributed by atoms with Gasteiger partial charge in [0.25, 0.3) is 6.43 Å². The van der Waals surface area contributed by atoms with Crippen molar-refractivity contribution in [3.05, 3.63) is 23.7 Å². The predicted octanol–water partition coefficient (Wildman–Crippen LogP) is 1.78. The van der Waals surface area contributed by atoms with Crippen molar-refractivity contribution in [3.63, 3.8) is 0 Å². The minimum atomic E-state index is -2.43. The van der Waals surface area contributed by atoms with Crippen LogP contribution in [0.5, 0.6) is 0 Å². The topological polar surface area (TPSA) is 34.4 Å². The second-order valence-corrected chi connectivity index (χ2v) is 2.81. The molecule has 80 valence electrons. The molecule has 0 aliphatic rings. The van der Waals surface area contributed by atoms with E-state index in [1.165, 1.54) is 6.26 Å². The Labute approximate surface area is 81.0 Å². The van der Waals surface area contributed by atoms with Crippen LogP contribution in [0.3, 0.4) is 0 Å². The van der Waals surface area contributed by atoms with E-state index < -0.39 is 13.0 Å². The monoisotopic (exact) mass is 205 g/mol. The lowest BCUT2D eigenvalue weighted by atomic mass is 10.2. The second-order valence-electron chi connectivity index (χ2n) is 2.81. The van der Waals surface area contributed by atoms with Gasteiger partial charge in [-0.15, -0.1) is 0 Å². The van der Waals surface area contributed by atoms with Crippen LogP contribution in [0.25, 0.3) is 0 Å². The summed E-state index contributed by atoms with van der Waals surface area (Å²) in [6.07, 6.45) is -0.911. The molecule has 0 unspecified atom stereocenters. The summed E-state index contributed by atoms with van der Waals surface area (Å²) in [5.41, 5.74) is 0.932. The number of nitrogens with one attached hydrogen (secondary N) is 1. The molecule has 14 heavy (non-hydrogen) atoms. The summed E-state index contributed by atoms with van der Waals surface area (Å²) >= 11 is 0. The third-order valence-corrected chi connectivity index (χ3v) is 1.68. The van der Waals surface area contributed by atoms with Crippen molar-refractivity contribution in [2.75, 3.05) is 13.7 Å². The smallest absolute Gasteiger partial charge is 0.261 e. The highest BCUT2D eigenvalue weighted by atomic mass is 19.3. The van der Waals surface area contributed by atoms with E-state index in [2.05, 4.69) is 5.32 Å². The lowest BCUT2D eigenvalue weighted by Crippen LogP contribution is -2.08. The van der Waals surface area contributed by atoms with Crippen molar-refractivity contribution in [1.29, 1.82) is 0 Å². The average Bonchev–Trinajstić information content (AvgIpc) is 2.53. The molecule has 1 heterocycles. The molecule has 1 aromatic rings. The third kappa shape index (κ3) is 3.43. The molecular formula is C9H13F2NO2. The van der Waals surface area contributed by atoms with Gasteiger partial charge in [0.2, 0.25) is 0 Å². The Bertz CT molecular complexity index is 263. The van der Waals surface area contributed by atoms with E-state index in [0.29, 0.717) is 12.3 Å². The highest BCUT2D eigenvalue weighted by molar-refractivity contribution is 5.15. The van der Waals surface area contributed by atoms with E-state index in [9.17, 15) is 8.78 Å². The molecule has 0 saturated carbocycles. The summed E-state index contributed by atoms with van der Waals surface area (Å²) in [4.78, 5) is 0. The molecule has 0 bridgehead atoms. The first-order valence-electron chi connectivity index (χ1n) is 4.29. The summed E-state index contributed by atoms with van der Waals surface area (Å²) in [5.74, 6) is 0.597. The van der Waals surface area contributed by atoms with Gasteiger partial charge in [-0.05, 0) is 13.1 Å². The molecule has 1 rings (SSSR count). The van der Waals surface area contributed by atoms with Gasteiger partial charge in [0.1, 0.15) is 19.0 Å². The lowest BCUT2D eigenvalue weighted by molar-refractivity contribution is 0.00422. The van der Waals surface area contributed by atoms with Crippen LogP contribution in [-0.4, -0.2) is 20.1 Å². The van der Waals surface area contributed by atoms with Crippen LogP contribution in [0, 0.1) is 0 Å². The first kappa shape index (κ1) is 11.1. The van der Waals surface area contributed by atoms with Crippen molar-refractivity contribution in [1.82, 2.24) is 5.32 Å². The highest BCUT2D eigenvalue weighted by Crippen LogP contribution is 2.11. The minimum Gasteiger partial charge on any atom is -0.467 e. The molecule has 1 N–H and O–H groups in total. The van der Waals surface area contributed by atoms with Gasteiger partial charge >= 0.3 is 0 Å². The van der Waals surface area contributed by atoms with Crippen LogP contribution in [0.1, 0.15) is 11.3 Å². The van der Waals surface area contributed by atoms with Gasteiger partial charge in [0.15, 0.2) is 0 Å². The third-order valence-electron chi connectivity index (χ3n) is 1.68. The van der Waals surface area contributed by atoms with Crippen molar-refractivity contribution in [2.24, 2.45) is 0 Å². The molecule has 0 spiro atoms. The van der Waals surface area contributed by atoms with Crippen LogP contribution in [0.4, 0.5) is 8.78 Å². The molecule has 0 fully saturated rings. The molecule has 0 atom stereocenters. The Balaban J connectivity index is 2.37. The molecule has 0 aliphatic heterocycles. The normalized spacial score (nSPS) is 11.1. The van der Waals surface area contributed by atoms with Gasteiger partial charge in [0.05, 0.1) is 6.26 Å². The van der Waals surface area contributed by atoms with Crippen LogP contribution in [0.2, 0.25) is 0 Å². The maximum absolute atomic E-state index is 11.7. The van der Waals surface area contributed by atoms with E-state index in [1.807, 2.05) is 0 Å². The van der Waals surface area contributed by atoms with Crippen molar-refractivity contribution in [3.8, 4) is 0 Å². The van der Waals surface area contributed by atoms with Crippen LogP contribution in [-0.2, 0) is 17.9 Å². The van der Waals surface area contributed by atoms with Gasteiger partial charge < -0.3 is 14.5 Å². The quantitative estimate of drug-likeness (QED) is 0.768. The standard InChI is InChI=1S/C9H13F2NO2/c1-12-4-7-2-3-14-8(7)5-13-6-9(10)11/h2-3,9,12H,4-6H2,1H3. The number of ether oxygens (including phenoxy) is 1. The maximum atomic E-state index is 11.7. The Hall–Kier alpha value is -0.940. The largest absolute Gasteiger partial charge is 0.467 e. The van der Waals surface area contributed by atoms with Gasteiger partial charge in [-0.1, -0.05) is 0 Å². The second kappa shape index (κ2) is 5.72. The van der Waals surface area contributed by atoms with Crippen molar-refractivity contribution in [2.45, 2.75) is 19.6 Å². The molecule has 0 saturated heterocycles. The van der Waals surface area contributed by atoms with Gasteiger partial charge in [-0.3, -0.25) is 0 Å². The summed E-state index contributed by atoms with van der Waals surface area (Å²) in [6, 6.07) is 1.79. The van der Waals surface area contributed by atoms with E-state index in [-0.39, 0.29) is 6.61 Å². The zero-order chi connectivity index (χ0) is 10.4. The fourth-order valence-electron chi connectivity index (χ4n) is 1.08. The molecule has 3 nitrogen and oxygen atoms in total. The molecule has 0 amide bonds. The first-order chi connectivity index (χ1) is 6.74. The molecule has 0 radical (unpaired) electrons. The molecule has 0 aliphatic carbocycles. The Morgan fingerprint density at radius 3 is 3.00 bits per heavy atom. The molecule has 5 heteroatoms. The minimum absolute atomic E-state index is 0.0916. The Morgan fingerprint density at radius 1 is 1.57 bits per heavy atom. The lowest BCUT2D eigenvalue weighted by Gasteiger charge is -2.03. The van der Waals surface area contributed by atoms with E-state index in [4.69, 9.17) is 9.15 Å². The van der Waals surface area contributed by atoms with Crippen molar-refractivity contribution < 1.29 is 17.9 Å². The van der Waals surface area contributed by atoms with Gasteiger partial charge in [-0.25, -0.2) is 8.78 Å². The summed E-state index contributed by atoms with van der Waals surface area (Å²) in [7, 11) is 1.80. The Kier molecular flexibility index (Phi) is 4.55. The van der Waals surface area contributed by atoms with E-state index >= 15 is 0 Å². The fraction of sp³-hybridized carbons (Fsp3) is 0.556. The van der Waals surface area contributed by atoms with Crippen LogP contribution >= 0.6 is 0 Å². The first-order valence-corrected chi connectivity index (χ1v) is 4.29. The number of halogens is 2. The van der Waals surface area contributed by atoms with Crippen molar-refractivity contribution >= 4 is 0 Å². The fourth-order valence-corrected chi connectivity index (χ4v) is 1.08. The zero-order valence-corrected chi connectivity index (χ0v) is 7.93. The highest BCUT2D eigenvalue weighted by Gasteiger charge is 2.07. The molecular weight excluding hydrogens is 192 g/mol. The predicted molar refractivity (Wildman–Crippen MR) is 47.1 cm³/mol. The summed E-state index contributed by atoms with van der Waals surface area (Å²) in [6.45, 7) is 0.178. The number of rotatable bonds is 6. The number of furan rings is 1. The Morgan fingerprint density at radius 2 is 2.36 bits per heavy atom. The summed E-state index contributed by atoms with van der Waals surface area (Å²) < 4.78 is 33.3. The SMILES string of the molecule is CNCc1ccoc1COCC(F)F. The number of hydrogen-bond acceptors (Lipinski definition) is 3. The van der Waals surface area contributed by atoms with Crippen LogP contribution in [0.15, 0.2) is 16.7 Å². The van der Waals surface area contributed by atoms with Gasteiger partial charge in [0, 0.05) is 12.1 Å². The maximum Gasteiger partial charge on any atom is 0.261 e. The number of hydrogen-bond donors (Lipinski definition) is 1. The van der Waals surface area contributed by atoms with Gasteiger partial charge in [-0.2, -0.15) is 0 Å².